The number of benzene rings is 1. The Morgan fingerprint density at radius 3 is 2.61 bits per heavy atom. The molecule has 0 radical (unpaired) electrons. The Balaban J connectivity index is 2.12. The van der Waals surface area contributed by atoms with Crippen molar-refractivity contribution in [1.29, 1.82) is 0 Å². The van der Waals surface area contributed by atoms with Crippen LogP contribution in [0, 0.1) is 0 Å². The first-order valence-corrected chi connectivity index (χ1v) is 7.64. The van der Waals surface area contributed by atoms with Crippen molar-refractivity contribution in [3.05, 3.63) is 57.3 Å². The van der Waals surface area contributed by atoms with Crippen molar-refractivity contribution >= 4 is 26.8 Å². The quantitative estimate of drug-likeness (QED) is 0.655. The van der Waals surface area contributed by atoms with Crippen LogP contribution in [-0.2, 0) is 6.54 Å². The minimum atomic E-state index is -0.147. The molecular formula is C16H14BrN3O3. The van der Waals surface area contributed by atoms with Crippen LogP contribution >= 0.6 is 15.9 Å². The Kier molecular flexibility index (Phi) is 4.29. The molecule has 0 unspecified atom stereocenters. The average molecular weight is 376 g/mol. The highest BCUT2D eigenvalue weighted by Crippen LogP contribution is 2.29. The molecule has 0 atom stereocenters. The van der Waals surface area contributed by atoms with Gasteiger partial charge in [0.25, 0.3) is 5.56 Å². The van der Waals surface area contributed by atoms with Crippen LogP contribution in [-0.4, -0.2) is 28.8 Å². The summed E-state index contributed by atoms with van der Waals surface area (Å²) in [5.41, 5.74) is 1.32. The third kappa shape index (κ3) is 2.92. The predicted octanol–water partition coefficient (Wildman–Crippen LogP) is 2.62. The third-order valence-electron chi connectivity index (χ3n) is 3.51. The van der Waals surface area contributed by atoms with E-state index in [-0.39, 0.29) is 5.56 Å². The minimum absolute atomic E-state index is 0.147. The van der Waals surface area contributed by atoms with Gasteiger partial charge in [-0.05, 0) is 28.1 Å². The van der Waals surface area contributed by atoms with Crippen molar-refractivity contribution in [3.63, 3.8) is 0 Å². The first kappa shape index (κ1) is 15.5. The molecule has 6 nitrogen and oxygen atoms in total. The van der Waals surface area contributed by atoms with Crippen LogP contribution in [0.4, 0.5) is 0 Å². The fourth-order valence-electron chi connectivity index (χ4n) is 2.32. The second-order valence-electron chi connectivity index (χ2n) is 4.86. The SMILES string of the molecule is COc1cc2ncn(Cc3cccnc3Br)c(=O)c2cc1OC. The molecule has 0 saturated heterocycles. The van der Waals surface area contributed by atoms with E-state index in [1.165, 1.54) is 18.0 Å². The normalized spacial score (nSPS) is 10.7. The van der Waals surface area contributed by atoms with Gasteiger partial charge in [-0.2, -0.15) is 0 Å². The summed E-state index contributed by atoms with van der Waals surface area (Å²) in [6, 6.07) is 7.08. The van der Waals surface area contributed by atoms with Crippen molar-refractivity contribution in [2.75, 3.05) is 14.2 Å². The van der Waals surface area contributed by atoms with Gasteiger partial charge >= 0.3 is 0 Å². The van der Waals surface area contributed by atoms with E-state index < -0.39 is 0 Å². The zero-order chi connectivity index (χ0) is 16.4. The molecular weight excluding hydrogens is 362 g/mol. The molecule has 0 fully saturated rings. The first-order valence-electron chi connectivity index (χ1n) is 6.84. The summed E-state index contributed by atoms with van der Waals surface area (Å²) in [6.45, 7) is 0.380. The van der Waals surface area contributed by atoms with E-state index in [0.29, 0.717) is 33.5 Å². The molecule has 2 aromatic heterocycles. The van der Waals surface area contributed by atoms with Crippen molar-refractivity contribution in [3.8, 4) is 11.5 Å². The minimum Gasteiger partial charge on any atom is -0.493 e. The molecule has 3 rings (SSSR count). The number of methoxy groups -OCH3 is 2. The highest BCUT2D eigenvalue weighted by atomic mass is 79.9. The Hall–Kier alpha value is -2.41. The number of hydrogen-bond donors (Lipinski definition) is 0. The molecule has 0 bridgehead atoms. The molecule has 0 aliphatic heterocycles. The average Bonchev–Trinajstić information content (AvgIpc) is 2.58. The standard InChI is InChI=1S/C16H14BrN3O3/c1-22-13-6-11-12(7-14(13)23-2)19-9-20(16(11)21)8-10-4-3-5-18-15(10)17/h3-7,9H,8H2,1-2H3. The second-order valence-corrected chi connectivity index (χ2v) is 5.61. The van der Waals surface area contributed by atoms with E-state index in [9.17, 15) is 4.79 Å². The summed E-state index contributed by atoms with van der Waals surface area (Å²) in [5.74, 6) is 1.04. The van der Waals surface area contributed by atoms with E-state index in [1.54, 1.807) is 25.4 Å². The van der Waals surface area contributed by atoms with Crippen LogP contribution in [0.1, 0.15) is 5.56 Å². The molecule has 3 aromatic rings. The summed E-state index contributed by atoms with van der Waals surface area (Å²) in [7, 11) is 3.08. The lowest BCUT2D eigenvalue weighted by molar-refractivity contribution is 0.355. The van der Waals surface area contributed by atoms with E-state index >= 15 is 0 Å². The van der Waals surface area contributed by atoms with Gasteiger partial charge in [0.15, 0.2) is 11.5 Å². The maximum absolute atomic E-state index is 12.7. The molecule has 0 N–H and O–H groups in total. The zero-order valence-corrected chi connectivity index (χ0v) is 14.2. The third-order valence-corrected chi connectivity index (χ3v) is 4.22. The summed E-state index contributed by atoms with van der Waals surface area (Å²) >= 11 is 3.39. The number of rotatable bonds is 4. The number of aromatic nitrogens is 3. The van der Waals surface area contributed by atoms with E-state index in [4.69, 9.17) is 9.47 Å². The first-order chi connectivity index (χ1) is 11.1. The summed E-state index contributed by atoms with van der Waals surface area (Å²) < 4.78 is 12.7. The van der Waals surface area contributed by atoms with Gasteiger partial charge in [0.2, 0.25) is 0 Å². The lowest BCUT2D eigenvalue weighted by Gasteiger charge is -2.11. The van der Waals surface area contributed by atoms with Gasteiger partial charge in [0.1, 0.15) is 4.60 Å². The number of nitrogens with zero attached hydrogens (tertiary/aromatic N) is 3. The number of hydrogen-bond acceptors (Lipinski definition) is 5. The van der Waals surface area contributed by atoms with Crippen LogP contribution in [0.25, 0.3) is 10.9 Å². The number of pyridine rings is 1. The monoisotopic (exact) mass is 375 g/mol. The Morgan fingerprint density at radius 2 is 1.91 bits per heavy atom. The molecule has 0 aliphatic rings. The Morgan fingerprint density at radius 1 is 1.17 bits per heavy atom. The lowest BCUT2D eigenvalue weighted by atomic mass is 10.2. The zero-order valence-electron chi connectivity index (χ0n) is 12.6. The number of halogens is 1. The van der Waals surface area contributed by atoms with Crippen LogP contribution in [0.5, 0.6) is 11.5 Å². The van der Waals surface area contributed by atoms with Crippen molar-refractivity contribution in [2.24, 2.45) is 0 Å². The van der Waals surface area contributed by atoms with Gasteiger partial charge < -0.3 is 9.47 Å². The molecule has 2 heterocycles. The summed E-state index contributed by atoms with van der Waals surface area (Å²) in [6.07, 6.45) is 3.21. The molecule has 0 amide bonds. The van der Waals surface area contributed by atoms with Crippen LogP contribution < -0.4 is 15.0 Å². The Bertz CT molecular complexity index is 924. The van der Waals surface area contributed by atoms with Crippen LogP contribution in [0.3, 0.4) is 0 Å². The van der Waals surface area contributed by atoms with Crippen molar-refractivity contribution < 1.29 is 9.47 Å². The lowest BCUT2D eigenvalue weighted by Crippen LogP contribution is -2.21. The predicted molar refractivity (Wildman–Crippen MR) is 90.1 cm³/mol. The van der Waals surface area contributed by atoms with Crippen molar-refractivity contribution in [2.45, 2.75) is 6.54 Å². The molecule has 118 valence electrons. The van der Waals surface area contributed by atoms with Gasteiger partial charge in [0, 0.05) is 17.8 Å². The molecule has 1 aromatic carbocycles. The van der Waals surface area contributed by atoms with E-state index in [0.717, 1.165) is 5.56 Å². The largest absolute Gasteiger partial charge is 0.493 e. The Labute approximate surface area is 140 Å². The molecule has 0 spiro atoms. The smallest absolute Gasteiger partial charge is 0.261 e. The number of ether oxygens (including phenoxy) is 2. The molecule has 23 heavy (non-hydrogen) atoms. The molecule has 7 heteroatoms. The van der Waals surface area contributed by atoms with E-state index in [2.05, 4.69) is 25.9 Å². The highest BCUT2D eigenvalue weighted by Gasteiger charge is 2.12. The van der Waals surface area contributed by atoms with Gasteiger partial charge in [-0.1, -0.05) is 6.07 Å². The fraction of sp³-hybridized carbons (Fsp3) is 0.188. The van der Waals surface area contributed by atoms with Crippen LogP contribution in [0.2, 0.25) is 0 Å². The maximum atomic E-state index is 12.7. The summed E-state index contributed by atoms with van der Waals surface area (Å²) in [4.78, 5) is 21.2. The number of fused-ring (bicyclic) bond motifs is 1. The maximum Gasteiger partial charge on any atom is 0.261 e. The highest BCUT2D eigenvalue weighted by molar-refractivity contribution is 9.10. The van der Waals surface area contributed by atoms with Crippen molar-refractivity contribution in [1.82, 2.24) is 14.5 Å². The topological polar surface area (TPSA) is 66.2 Å². The van der Waals surface area contributed by atoms with Gasteiger partial charge in [-0.3, -0.25) is 9.36 Å². The molecule has 0 saturated carbocycles. The van der Waals surface area contributed by atoms with E-state index in [1.807, 2.05) is 12.1 Å². The second kappa shape index (κ2) is 6.37. The van der Waals surface area contributed by atoms with Gasteiger partial charge in [0.05, 0.1) is 38.0 Å². The fourth-order valence-corrected chi connectivity index (χ4v) is 2.69. The summed E-state index contributed by atoms with van der Waals surface area (Å²) in [5, 5.41) is 0.477. The van der Waals surface area contributed by atoms with Gasteiger partial charge in [-0.15, -0.1) is 0 Å². The van der Waals surface area contributed by atoms with Gasteiger partial charge in [-0.25, -0.2) is 9.97 Å². The van der Waals surface area contributed by atoms with Crippen LogP contribution in [0.15, 0.2) is 46.2 Å². The molecule has 0 aliphatic carbocycles.